The Labute approximate surface area is 113 Å². The first-order valence-corrected chi connectivity index (χ1v) is 6.24. The fraction of sp³-hybridized carbons (Fsp3) is 0.467. The van der Waals surface area contributed by atoms with Crippen molar-refractivity contribution in [1.82, 2.24) is 0 Å². The molecule has 1 rings (SSSR count). The van der Waals surface area contributed by atoms with Gasteiger partial charge in [-0.25, -0.2) is 4.39 Å². The van der Waals surface area contributed by atoms with Crippen molar-refractivity contribution in [1.29, 1.82) is 0 Å². The quantitative estimate of drug-likeness (QED) is 0.801. The molecule has 1 N–H and O–H groups in total. The summed E-state index contributed by atoms with van der Waals surface area (Å²) in [6.07, 6.45) is -0.0757. The molecule has 0 amide bonds. The summed E-state index contributed by atoms with van der Waals surface area (Å²) in [6.45, 7) is 4.90. The summed E-state index contributed by atoms with van der Waals surface area (Å²) in [5.41, 5.74) is 1.02. The van der Waals surface area contributed by atoms with E-state index in [9.17, 15) is 4.39 Å². The summed E-state index contributed by atoms with van der Waals surface area (Å²) in [7, 11) is 0. The van der Waals surface area contributed by atoms with Crippen LogP contribution < -0.4 is 0 Å². The van der Waals surface area contributed by atoms with E-state index in [0.29, 0.717) is 24.3 Å². The molecule has 1 atom stereocenters. The van der Waals surface area contributed by atoms with Gasteiger partial charge in [-0.05, 0) is 26.0 Å². The smallest absolute Gasteiger partial charge is 0.129 e. The predicted octanol–water partition coefficient (Wildman–Crippen LogP) is 2.11. The van der Waals surface area contributed by atoms with Gasteiger partial charge in [-0.15, -0.1) is 0 Å². The zero-order valence-corrected chi connectivity index (χ0v) is 11.3. The summed E-state index contributed by atoms with van der Waals surface area (Å²) in [6, 6.07) is 4.69. The number of hydrogen-bond acceptors (Lipinski definition) is 3. The lowest BCUT2D eigenvalue weighted by Crippen LogP contribution is -2.16. The van der Waals surface area contributed by atoms with E-state index < -0.39 is 0 Å². The maximum atomic E-state index is 13.7. The highest BCUT2D eigenvalue weighted by Gasteiger charge is 2.06. The van der Waals surface area contributed by atoms with Crippen LogP contribution in [-0.4, -0.2) is 31.0 Å². The van der Waals surface area contributed by atoms with E-state index >= 15 is 0 Å². The number of hydrogen-bond donors (Lipinski definition) is 1. The Morgan fingerprint density at radius 3 is 2.84 bits per heavy atom. The predicted molar refractivity (Wildman–Crippen MR) is 71.1 cm³/mol. The number of aliphatic hydroxyl groups excluding tert-OH is 1. The van der Waals surface area contributed by atoms with Gasteiger partial charge in [0, 0.05) is 17.7 Å². The second-order valence-corrected chi connectivity index (χ2v) is 4.05. The van der Waals surface area contributed by atoms with Gasteiger partial charge in [-0.1, -0.05) is 17.9 Å². The molecular weight excluding hydrogens is 247 g/mol. The molecule has 19 heavy (non-hydrogen) atoms. The highest BCUT2D eigenvalue weighted by molar-refractivity contribution is 5.36. The SMILES string of the molecule is CCOCC(C)OCc1ccc(C#CCO)cc1F. The molecule has 0 heterocycles. The minimum atomic E-state index is -0.353. The normalized spacial score (nSPS) is 11.8. The Hall–Kier alpha value is -1.41. The Morgan fingerprint density at radius 2 is 2.21 bits per heavy atom. The van der Waals surface area contributed by atoms with Crippen LogP contribution in [0.1, 0.15) is 25.0 Å². The van der Waals surface area contributed by atoms with Crippen LogP contribution in [0.15, 0.2) is 18.2 Å². The topological polar surface area (TPSA) is 38.7 Å². The van der Waals surface area contributed by atoms with Crippen LogP contribution in [0.4, 0.5) is 4.39 Å². The molecule has 3 nitrogen and oxygen atoms in total. The lowest BCUT2D eigenvalue weighted by Gasteiger charge is -2.13. The van der Waals surface area contributed by atoms with Crippen molar-refractivity contribution < 1.29 is 19.0 Å². The van der Waals surface area contributed by atoms with Crippen LogP contribution in [0.3, 0.4) is 0 Å². The highest BCUT2D eigenvalue weighted by Crippen LogP contribution is 2.12. The van der Waals surface area contributed by atoms with Crippen LogP contribution in [0.5, 0.6) is 0 Å². The van der Waals surface area contributed by atoms with E-state index in [2.05, 4.69) is 11.8 Å². The summed E-state index contributed by atoms with van der Waals surface area (Å²) in [5.74, 6) is 4.78. The third kappa shape index (κ3) is 5.84. The van der Waals surface area contributed by atoms with Gasteiger partial charge < -0.3 is 14.6 Å². The number of benzene rings is 1. The van der Waals surface area contributed by atoms with Gasteiger partial charge in [0.1, 0.15) is 12.4 Å². The molecule has 0 aliphatic carbocycles. The molecule has 0 fully saturated rings. The molecule has 0 aliphatic heterocycles. The summed E-state index contributed by atoms with van der Waals surface area (Å²) in [5, 5.41) is 8.57. The molecule has 104 valence electrons. The van der Waals surface area contributed by atoms with Crippen LogP contribution in [0, 0.1) is 17.7 Å². The van der Waals surface area contributed by atoms with Crippen molar-refractivity contribution in [2.75, 3.05) is 19.8 Å². The van der Waals surface area contributed by atoms with Gasteiger partial charge in [0.25, 0.3) is 0 Å². The molecule has 0 aromatic heterocycles. The zero-order chi connectivity index (χ0) is 14.1. The summed E-state index contributed by atoms with van der Waals surface area (Å²) >= 11 is 0. The van der Waals surface area contributed by atoms with Crippen molar-refractivity contribution in [3.8, 4) is 11.8 Å². The number of aliphatic hydroxyl groups is 1. The van der Waals surface area contributed by atoms with Crippen molar-refractivity contribution in [3.63, 3.8) is 0 Å². The molecule has 1 aromatic rings. The molecular formula is C15H19FO3. The van der Waals surface area contributed by atoms with Crippen molar-refractivity contribution in [2.45, 2.75) is 26.6 Å². The minimum Gasteiger partial charge on any atom is -0.384 e. The maximum Gasteiger partial charge on any atom is 0.129 e. The average Bonchev–Trinajstić information content (AvgIpc) is 2.41. The molecule has 4 heteroatoms. The number of ether oxygens (including phenoxy) is 2. The monoisotopic (exact) mass is 266 g/mol. The van der Waals surface area contributed by atoms with Crippen LogP contribution in [-0.2, 0) is 16.1 Å². The zero-order valence-electron chi connectivity index (χ0n) is 11.3. The fourth-order valence-corrected chi connectivity index (χ4v) is 1.45. The first-order chi connectivity index (χ1) is 9.17. The van der Waals surface area contributed by atoms with E-state index in [-0.39, 0.29) is 25.1 Å². The van der Waals surface area contributed by atoms with Gasteiger partial charge in [0.05, 0.1) is 19.3 Å². The Bertz CT molecular complexity index is 448. The van der Waals surface area contributed by atoms with Gasteiger partial charge in [-0.2, -0.15) is 0 Å². The van der Waals surface area contributed by atoms with Gasteiger partial charge in [0.2, 0.25) is 0 Å². The van der Waals surface area contributed by atoms with Crippen LogP contribution in [0.2, 0.25) is 0 Å². The van der Waals surface area contributed by atoms with Crippen LogP contribution >= 0.6 is 0 Å². The number of halogens is 1. The second kappa shape index (κ2) is 8.65. The van der Waals surface area contributed by atoms with Crippen LogP contribution in [0.25, 0.3) is 0 Å². The van der Waals surface area contributed by atoms with Crippen molar-refractivity contribution >= 4 is 0 Å². The lowest BCUT2D eigenvalue weighted by atomic mass is 10.1. The van der Waals surface area contributed by atoms with E-state index in [0.717, 1.165) is 0 Å². The molecule has 1 unspecified atom stereocenters. The largest absolute Gasteiger partial charge is 0.384 e. The molecule has 0 saturated carbocycles. The highest BCUT2D eigenvalue weighted by atomic mass is 19.1. The summed E-state index contributed by atoms with van der Waals surface area (Å²) in [4.78, 5) is 0. The third-order valence-corrected chi connectivity index (χ3v) is 2.44. The van der Waals surface area contributed by atoms with Gasteiger partial charge >= 0.3 is 0 Å². The van der Waals surface area contributed by atoms with E-state index in [1.165, 1.54) is 6.07 Å². The van der Waals surface area contributed by atoms with Gasteiger partial charge in [0.15, 0.2) is 0 Å². The maximum absolute atomic E-state index is 13.7. The average molecular weight is 266 g/mol. The third-order valence-electron chi connectivity index (χ3n) is 2.44. The summed E-state index contributed by atoms with van der Waals surface area (Å²) < 4.78 is 24.4. The minimum absolute atomic E-state index is 0.0757. The number of rotatable bonds is 6. The second-order valence-electron chi connectivity index (χ2n) is 4.05. The lowest BCUT2D eigenvalue weighted by molar-refractivity contribution is -0.0125. The Kier molecular flexibility index (Phi) is 7.12. The Balaban J connectivity index is 2.55. The molecule has 0 spiro atoms. The fourth-order valence-electron chi connectivity index (χ4n) is 1.45. The van der Waals surface area contributed by atoms with Crippen molar-refractivity contribution in [2.24, 2.45) is 0 Å². The van der Waals surface area contributed by atoms with E-state index in [4.69, 9.17) is 14.6 Å². The standard InChI is InChI=1S/C15H19FO3/c1-3-18-10-12(2)19-11-14-7-6-13(5-4-8-17)9-15(14)16/h6-7,9,12,17H,3,8,10-11H2,1-2H3. The molecule has 0 bridgehead atoms. The van der Waals surface area contributed by atoms with E-state index in [1.807, 2.05) is 13.8 Å². The first-order valence-electron chi connectivity index (χ1n) is 6.24. The van der Waals surface area contributed by atoms with E-state index in [1.54, 1.807) is 12.1 Å². The first kappa shape index (κ1) is 15.6. The van der Waals surface area contributed by atoms with Gasteiger partial charge in [-0.3, -0.25) is 0 Å². The Morgan fingerprint density at radius 1 is 1.42 bits per heavy atom. The van der Waals surface area contributed by atoms with Crippen molar-refractivity contribution in [3.05, 3.63) is 35.1 Å². The molecule has 0 radical (unpaired) electrons. The molecule has 1 aromatic carbocycles. The molecule has 0 saturated heterocycles. The molecule has 0 aliphatic rings.